The summed E-state index contributed by atoms with van der Waals surface area (Å²) in [5, 5.41) is 0. The zero-order valence-electron chi connectivity index (χ0n) is 11.5. The summed E-state index contributed by atoms with van der Waals surface area (Å²) in [6.45, 7) is 1.54. The number of thiocarbonyl (C=S) groups is 1. The molecule has 0 radical (unpaired) electrons. The van der Waals surface area contributed by atoms with Crippen molar-refractivity contribution in [2.45, 2.75) is 31.1 Å². The monoisotopic (exact) mass is 288 g/mol. The second-order valence-electron chi connectivity index (χ2n) is 5.94. The minimum absolute atomic E-state index is 0.189. The smallest absolute Gasteiger partial charge is 0.233 e. The highest BCUT2D eigenvalue weighted by Gasteiger charge is 2.53. The van der Waals surface area contributed by atoms with Gasteiger partial charge in [-0.15, -0.1) is 0 Å². The van der Waals surface area contributed by atoms with E-state index in [1.54, 1.807) is 0 Å². The molecule has 4 heteroatoms. The van der Waals surface area contributed by atoms with Crippen LogP contribution >= 0.6 is 12.2 Å². The van der Waals surface area contributed by atoms with Crippen LogP contribution in [0.15, 0.2) is 30.3 Å². The number of benzene rings is 1. The van der Waals surface area contributed by atoms with Crippen LogP contribution in [0.25, 0.3) is 0 Å². The minimum Gasteiger partial charge on any atom is -0.393 e. The fraction of sp³-hybridized carbons (Fsp3) is 0.500. The zero-order valence-corrected chi connectivity index (χ0v) is 12.4. The maximum absolute atomic E-state index is 12.9. The lowest BCUT2D eigenvalue weighted by atomic mass is 9.91. The number of hydrogen-bond acceptors (Lipinski definition) is 2. The number of hydrogen-bond donors (Lipinski definition) is 1. The third kappa shape index (κ3) is 2.33. The van der Waals surface area contributed by atoms with Crippen molar-refractivity contribution in [1.82, 2.24) is 4.90 Å². The molecule has 1 atom stereocenters. The Labute approximate surface area is 125 Å². The maximum Gasteiger partial charge on any atom is 0.233 e. The highest BCUT2D eigenvalue weighted by Crippen LogP contribution is 2.49. The van der Waals surface area contributed by atoms with Gasteiger partial charge in [0, 0.05) is 19.0 Å². The molecular formula is C16H20N2OS. The molecule has 20 heavy (non-hydrogen) atoms. The molecule has 1 aliphatic carbocycles. The van der Waals surface area contributed by atoms with Gasteiger partial charge in [-0.3, -0.25) is 4.79 Å². The van der Waals surface area contributed by atoms with E-state index in [1.807, 2.05) is 23.1 Å². The van der Waals surface area contributed by atoms with Gasteiger partial charge < -0.3 is 10.6 Å². The Morgan fingerprint density at radius 2 is 2.00 bits per heavy atom. The Hall–Kier alpha value is -1.42. The van der Waals surface area contributed by atoms with Crippen molar-refractivity contribution < 1.29 is 4.79 Å². The van der Waals surface area contributed by atoms with Crippen molar-refractivity contribution in [3.8, 4) is 0 Å². The number of amides is 1. The van der Waals surface area contributed by atoms with E-state index in [0.29, 0.717) is 11.5 Å². The largest absolute Gasteiger partial charge is 0.393 e. The van der Waals surface area contributed by atoms with Crippen LogP contribution in [0.5, 0.6) is 0 Å². The summed E-state index contributed by atoms with van der Waals surface area (Å²) in [7, 11) is 0. The number of likely N-dealkylation sites (tertiary alicyclic amines) is 1. The van der Waals surface area contributed by atoms with Gasteiger partial charge in [0.1, 0.15) is 0 Å². The molecule has 2 aliphatic rings. The molecule has 1 aromatic rings. The van der Waals surface area contributed by atoms with Crippen LogP contribution < -0.4 is 5.73 Å². The van der Waals surface area contributed by atoms with Gasteiger partial charge in [-0.25, -0.2) is 0 Å². The van der Waals surface area contributed by atoms with Crippen molar-refractivity contribution in [2.24, 2.45) is 11.7 Å². The van der Waals surface area contributed by atoms with Gasteiger partial charge in [-0.2, -0.15) is 0 Å². The lowest BCUT2D eigenvalue weighted by Crippen LogP contribution is -2.47. The van der Waals surface area contributed by atoms with Crippen molar-refractivity contribution in [3.05, 3.63) is 35.9 Å². The van der Waals surface area contributed by atoms with Crippen LogP contribution in [-0.2, 0) is 10.2 Å². The van der Waals surface area contributed by atoms with Gasteiger partial charge in [-0.05, 0) is 31.2 Å². The molecule has 1 saturated carbocycles. The van der Waals surface area contributed by atoms with E-state index in [1.165, 1.54) is 0 Å². The van der Waals surface area contributed by atoms with Crippen LogP contribution in [0.2, 0.25) is 0 Å². The fourth-order valence-corrected chi connectivity index (χ4v) is 3.40. The molecule has 2 N–H and O–H groups in total. The normalized spacial score (nSPS) is 24.2. The Bertz CT molecular complexity index is 525. The first-order chi connectivity index (χ1) is 9.63. The molecule has 1 heterocycles. The maximum atomic E-state index is 12.9. The second-order valence-corrected chi connectivity index (χ2v) is 6.41. The zero-order chi connectivity index (χ0) is 14.2. The summed E-state index contributed by atoms with van der Waals surface area (Å²) < 4.78 is 0. The number of rotatable bonds is 3. The fourth-order valence-electron chi connectivity index (χ4n) is 3.20. The van der Waals surface area contributed by atoms with E-state index >= 15 is 0 Å². The van der Waals surface area contributed by atoms with E-state index in [9.17, 15) is 4.79 Å². The van der Waals surface area contributed by atoms with Gasteiger partial charge in [0.05, 0.1) is 10.4 Å². The first-order valence-electron chi connectivity index (χ1n) is 7.28. The van der Waals surface area contributed by atoms with Gasteiger partial charge in [0.15, 0.2) is 0 Å². The lowest BCUT2D eigenvalue weighted by molar-refractivity contribution is -0.135. The molecule has 1 aliphatic heterocycles. The third-order valence-corrected chi connectivity index (χ3v) is 4.93. The Balaban J connectivity index is 1.77. The molecular weight excluding hydrogens is 268 g/mol. The molecule has 3 nitrogen and oxygen atoms in total. The lowest BCUT2D eigenvalue weighted by Gasteiger charge is -2.35. The van der Waals surface area contributed by atoms with Crippen LogP contribution in [0.4, 0.5) is 0 Å². The van der Waals surface area contributed by atoms with Crippen LogP contribution in [-0.4, -0.2) is 28.9 Å². The Kier molecular flexibility index (Phi) is 3.50. The van der Waals surface area contributed by atoms with E-state index in [-0.39, 0.29) is 17.2 Å². The Morgan fingerprint density at radius 3 is 2.60 bits per heavy atom. The summed E-state index contributed by atoms with van der Waals surface area (Å²) in [6, 6.07) is 10.2. The van der Waals surface area contributed by atoms with Crippen molar-refractivity contribution >= 4 is 23.1 Å². The van der Waals surface area contributed by atoms with Crippen molar-refractivity contribution in [1.29, 1.82) is 0 Å². The average Bonchev–Trinajstić information content (AvgIpc) is 3.29. The molecule has 1 aromatic carbocycles. The number of carbonyl (C=O) groups is 1. The van der Waals surface area contributed by atoms with Gasteiger partial charge in [0.2, 0.25) is 5.91 Å². The van der Waals surface area contributed by atoms with Gasteiger partial charge in [-0.1, -0.05) is 42.5 Å². The van der Waals surface area contributed by atoms with E-state index < -0.39 is 0 Å². The summed E-state index contributed by atoms with van der Waals surface area (Å²) in [4.78, 5) is 15.4. The molecule has 106 valence electrons. The van der Waals surface area contributed by atoms with Crippen molar-refractivity contribution in [3.63, 3.8) is 0 Å². The van der Waals surface area contributed by atoms with Crippen LogP contribution in [0.3, 0.4) is 0 Å². The van der Waals surface area contributed by atoms with E-state index in [2.05, 4.69) is 12.1 Å². The first-order valence-corrected chi connectivity index (χ1v) is 7.68. The molecule has 0 aromatic heterocycles. The Morgan fingerprint density at radius 1 is 1.30 bits per heavy atom. The van der Waals surface area contributed by atoms with E-state index in [0.717, 1.165) is 37.8 Å². The van der Waals surface area contributed by atoms with Crippen LogP contribution in [0.1, 0.15) is 31.2 Å². The topological polar surface area (TPSA) is 46.3 Å². The highest BCUT2D eigenvalue weighted by molar-refractivity contribution is 7.80. The summed E-state index contributed by atoms with van der Waals surface area (Å²) in [5.74, 6) is 0.457. The minimum atomic E-state index is -0.265. The number of nitrogens with two attached hydrogens (primary N) is 1. The summed E-state index contributed by atoms with van der Waals surface area (Å²) in [6.07, 6.45) is 3.93. The summed E-state index contributed by atoms with van der Waals surface area (Å²) >= 11 is 5.10. The molecule has 0 spiro atoms. The molecule has 1 saturated heterocycles. The molecule has 2 fully saturated rings. The standard InChI is InChI=1S/C16H20N2OS/c17-14(20)12-5-4-10-18(11-12)15(19)16(8-9-16)13-6-2-1-3-7-13/h1-3,6-7,12H,4-5,8-11H2,(H2,17,20). The van der Waals surface area contributed by atoms with Crippen LogP contribution in [0, 0.1) is 5.92 Å². The third-order valence-electron chi connectivity index (χ3n) is 4.60. The van der Waals surface area contributed by atoms with Gasteiger partial charge in [0.25, 0.3) is 0 Å². The number of nitrogens with zero attached hydrogens (tertiary/aromatic N) is 1. The summed E-state index contributed by atoms with van der Waals surface area (Å²) in [5.41, 5.74) is 6.65. The highest BCUT2D eigenvalue weighted by atomic mass is 32.1. The predicted octanol–water partition coefficient (Wildman–Crippen LogP) is 2.24. The molecule has 1 amide bonds. The first kappa shape index (κ1) is 13.6. The van der Waals surface area contributed by atoms with E-state index in [4.69, 9.17) is 18.0 Å². The molecule has 3 rings (SSSR count). The van der Waals surface area contributed by atoms with Crippen molar-refractivity contribution in [2.75, 3.05) is 13.1 Å². The predicted molar refractivity (Wildman–Crippen MR) is 83.4 cm³/mol. The second kappa shape index (κ2) is 5.17. The number of carbonyl (C=O) groups excluding carboxylic acids is 1. The number of piperidine rings is 1. The average molecular weight is 288 g/mol. The SMILES string of the molecule is NC(=S)C1CCCN(C(=O)C2(c3ccccc3)CC2)C1. The molecule has 0 bridgehead atoms. The molecule has 1 unspecified atom stereocenters. The van der Waals surface area contributed by atoms with Gasteiger partial charge >= 0.3 is 0 Å². The quantitative estimate of drug-likeness (QED) is 0.868.